The number of hydrogen-bond acceptors (Lipinski definition) is 3. The van der Waals surface area contributed by atoms with E-state index in [2.05, 4.69) is 20.7 Å². The number of rotatable bonds is 1. The van der Waals surface area contributed by atoms with E-state index >= 15 is 0 Å². The van der Waals surface area contributed by atoms with E-state index in [4.69, 9.17) is 5.73 Å². The van der Waals surface area contributed by atoms with Crippen molar-refractivity contribution in [1.82, 2.24) is 0 Å². The van der Waals surface area contributed by atoms with Gasteiger partial charge in [0.25, 0.3) is 0 Å². The van der Waals surface area contributed by atoms with Gasteiger partial charge in [-0.05, 0) is 28.1 Å². The van der Waals surface area contributed by atoms with E-state index in [0.717, 1.165) is 0 Å². The summed E-state index contributed by atoms with van der Waals surface area (Å²) in [5.74, 6) is -1.30. The second kappa shape index (κ2) is 3.74. The highest BCUT2D eigenvalue weighted by molar-refractivity contribution is 9.10. The Balaban J connectivity index is 3.33. The van der Waals surface area contributed by atoms with Crippen molar-refractivity contribution in [1.29, 1.82) is 0 Å². The fourth-order valence-corrected chi connectivity index (χ4v) is 1.38. The van der Waals surface area contributed by atoms with Gasteiger partial charge in [0.15, 0.2) is 0 Å². The lowest BCUT2D eigenvalue weighted by atomic mass is 10.2. The predicted octanol–water partition coefficient (Wildman–Crippen LogP) is 1.96. The van der Waals surface area contributed by atoms with Crippen LogP contribution in [0.15, 0.2) is 16.6 Å². The summed E-state index contributed by atoms with van der Waals surface area (Å²) in [5, 5.41) is 0. The summed E-state index contributed by atoms with van der Waals surface area (Å²) in [6, 6.07) is 2.57. The van der Waals surface area contributed by atoms with Crippen LogP contribution in [0.5, 0.6) is 0 Å². The van der Waals surface area contributed by atoms with Gasteiger partial charge in [0.1, 0.15) is 5.82 Å². The van der Waals surface area contributed by atoms with E-state index in [1.807, 2.05) is 0 Å². The molecular formula is C8H7BrFNO2. The van der Waals surface area contributed by atoms with Crippen molar-refractivity contribution in [2.45, 2.75) is 0 Å². The number of anilines is 1. The van der Waals surface area contributed by atoms with Crippen molar-refractivity contribution >= 4 is 27.6 Å². The molecule has 0 aliphatic heterocycles. The van der Waals surface area contributed by atoms with Gasteiger partial charge in [-0.3, -0.25) is 0 Å². The van der Waals surface area contributed by atoms with Crippen LogP contribution >= 0.6 is 15.9 Å². The standard InChI is InChI=1S/C8H7BrFNO2/c1-13-8(12)6-4(9)2-3-5(10)7(6)11/h2-3H,11H2,1H3. The zero-order valence-electron chi connectivity index (χ0n) is 6.80. The normalized spacial score (nSPS) is 9.77. The second-order valence-electron chi connectivity index (χ2n) is 2.31. The number of carbonyl (C=O) groups is 1. The highest BCUT2D eigenvalue weighted by Gasteiger charge is 2.16. The number of nitrogen functional groups attached to an aromatic ring is 1. The SMILES string of the molecule is COC(=O)c1c(Br)ccc(F)c1N. The third kappa shape index (κ3) is 1.80. The molecule has 0 amide bonds. The molecule has 70 valence electrons. The molecule has 0 atom stereocenters. The van der Waals surface area contributed by atoms with Crippen LogP contribution in [0, 0.1) is 5.82 Å². The lowest BCUT2D eigenvalue weighted by Crippen LogP contribution is -2.08. The molecule has 0 heterocycles. The van der Waals surface area contributed by atoms with Crippen molar-refractivity contribution in [3.05, 3.63) is 28.0 Å². The lowest BCUT2D eigenvalue weighted by Gasteiger charge is -2.06. The second-order valence-corrected chi connectivity index (χ2v) is 3.16. The maximum atomic E-state index is 12.9. The summed E-state index contributed by atoms with van der Waals surface area (Å²) in [6.45, 7) is 0. The van der Waals surface area contributed by atoms with Gasteiger partial charge in [0.05, 0.1) is 18.4 Å². The molecule has 0 radical (unpaired) electrons. The average Bonchev–Trinajstić information content (AvgIpc) is 2.12. The van der Waals surface area contributed by atoms with Gasteiger partial charge in [0, 0.05) is 4.47 Å². The maximum absolute atomic E-state index is 12.9. The first-order valence-electron chi connectivity index (χ1n) is 3.39. The number of ether oxygens (including phenoxy) is 1. The van der Waals surface area contributed by atoms with Crippen LogP contribution in [-0.2, 0) is 4.74 Å². The van der Waals surface area contributed by atoms with Gasteiger partial charge < -0.3 is 10.5 Å². The number of nitrogens with two attached hydrogens (primary N) is 1. The zero-order valence-corrected chi connectivity index (χ0v) is 8.39. The average molecular weight is 248 g/mol. The summed E-state index contributed by atoms with van der Waals surface area (Å²) in [4.78, 5) is 11.1. The van der Waals surface area contributed by atoms with Gasteiger partial charge in [-0.2, -0.15) is 0 Å². The van der Waals surface area contributed by atoms with Crippen molar-refractivity contribution < 1.29 is 13.9 Å². The zero-order chi connectivity index (χ0) is 10.0. The predicted molar refractivity (Wildman–Crippen MR) is 49.9 cm³/mol. The van der Waals surface area contributed by atoms with Gasteiger partial charge in [-0.25, -0.2) is 9.18 Å². The molecule has 0 aliphatic carbocycles. The van der Waals surface area contributed by atoms with Crippen LogP contribution in [0.4, 0.5) is 10.1 Å². The van der Waals surface area contributed by atoms with Gasteiger partial charge >= 0.3 is 5.97 Å². The van der Waals surface area contributed by atoms with Gasteiger partial charge in [0.2, 0.25) is 0 Å². The van der Waals surface area contributed by atoms with Gasteiger partial charge in [-0.15, -0.1) is 0 Å². The van der Waals surface area contributed by atoms with Crippen LogP contribution in [0.3, 0.4) is 0 Å². The van der Waals surface area contributed by atoms with E-state index in [1.165, 1.54) is 19.2 Å². The van der Waals surface area contributed by atoms with Crippen molar-refractivity contribution in [2.75, 3.05) is 12.8 Å². The fraction of sp³-hybridized carbons (Fsp3) is 0.125. The molecule has 0 unspecified atom stereocenters. The Hall–Kier alpha value is -1.10. The van der Waals surface area contributed by atoms with E-state index < -0.39 is 11.8 Å². The van der Waals surface area contributed by atoms with Crippen molar-refractivity contribution in [3.8, 4) is 0 Å². The summed E-state index contributed by atoms with van der Waals surface area (Å²) >= 11 is 3.08. The molecule has 0 bridgehead atoms. The van der Waals surface area contributed by atoms with Crippen LogP contribution in [0.2, 0.25) is 0 Å². The summed E-state index contributed by atoms with van der Waals surface area (Å²) < 4.78 is 17.8. The van der Waals surface area contributed by atoms with E-state index in [1.54, 1.807) is 0 Å². The Morgan fingerprint density at radius 3 is 2.77 bits per heavy atom. The van der Waals surface area contributed by atoms with Crippen LogP contribution in [0.1, 0.15) is 10.4 Å². The fourth-order valence-electron chi connectivity index (χ4n) is 0.877. The van der Waals surface area contributed by atoms with E-state index in [0.29, 0.717) is 4.47 Å². The van der Waals surface area contributed by atoms with E-state index in [9.17, 15) is 9.18 Å². The molecule has 0 spiro atoms. The summed E-state index contributed by atoms with van der Waals surface area (Å²) in [5.41, 5.74) is 5.16. The topological polar surface area (TPSA) is 52.3 Å². The first-order chi connectivity index (χ1) is 6.07. The number of hydrogen-bond donors (Lipinski definition) is 1. The van der Waals surface area contributed by atoms with Crippen LogP contribution in [-0.4, -0.2) is 13.1 Å². The van der Waals surface area contributed by atoms with Crippen molar-refractivity contribution in [2.24, 2.45) is 0 Å². The Morgan fingerprint density at radius 1 is 1.62 bits per heavy atom. The minimum Gasteiger partial charge on any atom is -0.465 e. The Bertz CT molecular complexity index is 354. The molecule has 2 N–H and O–H groups in total. The largest absolute Gasteiger partial charge is 0.465 e. The van der Waals surface area contributed by atoms with Crippen molar-refractivity contribution in [3.63, 3.8) is 0 Å². The Labute approximate surface area is 82.8 Å². The van der Waals surface area contributed by atoms with Gasteiger partial charge in [-0.1, -0.05) is 0 Å². The molecule has 0 fully saturated rings. The molecule has 13 heavy (non-hydrogen) atoms. The molecule has 0 aliphatic rings. The third-order valence-corrected chi connectivity index (χ3v) is 2.19. The molecule has 5 heteroatoms. The smallest absolute Gasteiger partial charge is 0.341 e. The van der Waals surface area contributed by atoms with Crippen LogP contribution < -0.4 is 5.73 Å². The highest BCUT2D eigenvalue weighted by Crippen LogP contribution is 2.25. The van der Waals surface area contributed by atoms with Crippen LogP contribution in [0.25, 0.3) is 0 Å². The number of benzene rings is 1. The first-order valence-corrected chi connectivity index (χ1v) is 4.19. The first kappa shape index (κ1) is 9.98. The summed E-state index contributed by atoms with van der Waals surface area (Å²) in [6.07, 6.45) is 0. The molecule has 3 nitrogen and oxygen atoms in total. The van der Waals surface area contributed by atoms with E-state index in [-0.39, 0.29) is 11.3 Å². The monoisotopic (exact) mass is 247 g/mol. The molecule has 1 aromatic carbocycles. The Kier molecular flexibility index (Phi) is 2.87. The molecule has 0 saturated carbocycles. The lowest BCUT2D eigenvalue weighted by molar-refractivity contribution is 0.0600. The molecule has 0 saturated heterocycles. The minimum absolute atomic E-state index is 0.0162. The Morgan fingerprint density at radius 2 is 2.23 bits per heavy atom. The number of esters is 1. The quantitative estimate of drug-likeness (QED) is 0.610. The molecular weight excluding hydrogens is 241 g/mol. The minimum atomic E-state index is -0.663. The highest BCUT2D eigenvalue weighted by atomic mass is 79.9. The molecule has 1 aromatic rings. The number of carbonyl (C=O) groups excluding carboxylic acids is 1. The number of halogens is 2. The molecule has 1 rings (SSSR count). The third-order valence-electron chi connectivity index (χ3n) is 1.53. The number of methoxy groups -OCH3 is 1. The summed E-state index contributed by atoms with van der Waals surface area (Å²) in [7, 11) is 1.21. The molecule has 0 aromatic heterocycles. The maximum Gasteiger partial charge on any atom is 0.341 e.